The molecular weight excluding hydrogens is 311 g/mol. The van der Waals surface area contributed by atoms with Crippen LogP contribution < -0.4 is 4.74 Å². The molecule has 2 rings (SSSR count). The van der Waals surface area contributed by atoms with Crippen molar-refractivity contribution >= 4 is 17.6 Å². The predicted molar refractivity (Wildman–Crippen MR) is 67.7 cm³/mol. The summed E-state index contributed by atoms with van der Waals surface area (Å²) in [5.41, 5.74) is -1.08. The average Bonchev–Trinajstić information content (AvgIpc) is 2.40. The second kappa shape index (κ2) is 5.61. The van der Waals surface area contributed by atoms with Gasteiger partial charge in [-0.05, 0) is 24.3 Å². The Morgan fingerprint density at radius 3 is 2.48 bits per heavy atom. The average molecular weight is 318 g/mol. The van der Waals surface area contributed by atoms with E-state index in [2.05, 4.69) is 4.98 Å². The normalized spacial score (nSPS) is 11.2. The van der Waals surface area contributed by atoms with Crippen LogP contribution >= 0.6 is 11.6 Å². The molecule has 1 N–H and O–H groups in total. The molecule has 2 aromatic rings. The highest BCUT2D eigenvalue weighted by Crippen LogP contribution is 2.30. The number of carbonyl (C=O) groups is 1. The number of hydrogen-bond acceptors (Lipinski definition) is 3. The molecule has 0 aliphatic rings. The number of hydrogen-bond donors (Lipinski definition) is 1. The third kappa shape index (κ3) is 3.63. The fourth-order valence-electron chi connectivity index (χ4n) is 1.46. The molecule has 0 radical (unpaired) electrons. The third-order valence-electron chi connectivity index (χ3n) is 2.45. The lowest BCUT2D eigenvalue weighted by atomic mass is 10.2. The van der Waals surface area contributed by atoms with Crippen molar-refractivity contribution in [3.05, 3.63) is 52.7 Å². The van der Waals surface area contributed by atoms with Gasteiger partial charge in [-0.15, -0.1) is 0 Å². The first-order chi connectivity index (χ1) is 9.77. The zero-order valence-electron chi connectivity index (χ0n) is 10.2. The molecule has 21 heavy (non-hydrogen) atoms. The molecular formula is C13H7ClF3NO3. The van der Waals surface area contributed by atoms with E-state index >= 15 is 0 Å². The predicted octanol–water partition coefficient (Wildman–Crippen LogP) is 4.24. The first-order valence-corrected chi connectivity index (χ1v) is 5.89. The first kappa shape index (κ1) is 15.1. The summed E-state index contributed by atoms with van der Waals surface area (Å²) in [6, 6.07) is 5.71. The monoisotopic (exact) mass is 317 g/mol. The number of carboxylic acids is 1. The topological polar surface area (TPSA) is 59.4 Å². The fraction of sp³-hybridized carbons (Fsp3) is 0.0769. The summed E-state index contributed by atoms with van der Waals surface area (Å²) in [5, 5.41) is 8.92. The summed E-state index contributed by atoms with van der Waals surface area (Å²) < 4.78 is 42.3. The zero-order valence-corrected chi connectivity index (χ0v) is 10.9. The van der Waals surface area contributed by atoms with E-state index in [9.17, 15) is 18.0 Å². The number of pyridine rings is 1. The van der Waals surface area contributed by atoms with Crippen LogP contribution in [-0.2, 0) is 6.18 Å². The molecule has 0 spiro atoms. The van der Waals surface area contributed by atoms with Gasteiger partial charge in [0.05, 0.1) is 16.1 Å². The molecule has 0 unspecified atom stereocenters. The van der Waals surface area contributed by atoms with E-state index < -0.39 is 17.7 Å². The highest BCUT2D eigenvalue weighted by atomic mass is 35.5. The van der Waals surface area contributed by atoms with Gasteiger partial charge in [-0.25, -0.2) is 9.78 Å². The van der Waals surface area contributed by atoms with Gasteiger partial charge in [0, 0.05) is 12.3 Å². The van der Waals surface area contributed by atoms with E-state index in [1.165, 1.54) is 12.1 Å². The molecule has 0 aliphatic heterocycles. The standard InChI is InChI=1S/C13H7ClF3NO3/c14-10-3-2-8(5-9(10)12(19)20)21-11-4-1-7(6-18-11)13(15,16)17/h1-6H,(H,19,20). The highest BCUT2D eigenvalue weighted by Gasteiger charge is 2.30. The SMILES string of the molecule is O=C(O)c1cc(Oc2ccc(C(F)(F)F)cn2)ccc1Cl. The molecule has 0 amide bonds. The molecule has 1 heterocycles. The summed E-state index contributed by atoms with van der Waals surface area (Å²) in [7, 11) is 0. The minimum absolute atomic E-state index is 0.0234. The van der Waals surface area contributed by atoms with E-state index in [1.54, 1.807) is 0 Å². The second-order valence-corrected chi connectivity index (χ2v) is 4.34. The number of carboxylic acid groups (broad SMARTS) is 1. The maximum absolute atomic E-state index is 12.4. The van der Waals surface area contributed by atoms with E-state index in [4.69, 9.17) is 21.4 Å². The number of ether oxygens (including phenoxy) is 1. The molecule has 0 atom stereocenters. The molecule has 1 aromatic heterocycles. The summed E-state index contributed by atoms with van der Waals surface area (Å²) in [5.74, 6) is -1.24. The van der Waals surface area contributed by atoms with Gasteiger partial charge in [0.2, 0.25) is 5.88 Å². The molecule has 0 aliphatic carbocycles. The number of aromatic carboxylic acids is 1. The van der Waals surface area contributed by atoms with Gasteiger partial charge < -0.3 is 9.84 Å². The molecule has 4 nitrogen and oxygen atoms in total. The summed E-state index contributed by atoms with van der Waals surface area (Å²) in [6.45, 7) is 0. The van der Waals surface area contributed by atoms with Crippen LogP contribution in [0.1, 0.15) is 15.9 Å². The largest absolute Gasteiger partial charge is 0.478 e. The number of halogens is 4. The van der Waals surface area contributed by atoms with Gasteiger partial charge in [0.25, 0.3) is 0 Å². The van der Waals surface area contributed by atoms with Gasteiger partial charge in [-0.2, -0.15) is 13.2 Å². The van der Waals surface area contributed by atoms with E-state index in [-0.39, 0.29) is 22.2 Å². The van der Waals surface area contributed by atoms with Crippen molar-refractivity contribution in [2.75, 3.05) is 0 Å². The number of alkyl halides is 3. The van der Waals surface area contributed by atoms with Crippen molar-refractivity contribution in [2.45, 2.75) is 6.18 Å². The number of aromatic nitrogens is 1. The lowest BCUT2D eigenvalue weighted by molar-refractivity contribution is -0.137. The Balaban J connectivity index is 2.22. The van der Waals surface area contributed by atoms with Crippen LogP contribution in [-0.4, -0.2) is 16.1 Å². The van der Waals surface area contributed by atoms with Crippen molar-refractivity contribution in [2.24, 2.45) is 0 Å². The lowest BCUT2D eigenvalue weighted by Crippen LogP contribution is -2.05. The molecule has 8 heteroatoms. The molecule has 0 bridgehead atoms. The van der Waals surface area contributed by atoms with Crippen LogP contribution in [0.25, 0.3) is 0 Å². The van der Waals surface area contributed by atoms with Gasteiger partial charge in [0.15, 0.2) is 0 Å². The van der Waals surface area contributed by atoms with Gasteiger partial charge in [-0.1, -0.05) is 11.6 Å². The highest BCUT2D eigenvalue weighted by molar-refractivity contribution is 6.33. The van der Waals surface area contributed by atoms with Crippen molar-refractivity contribution in [1.29, 1.82) is 0 Å². The summed E-state index contributed by atoms with van der Waals surface area (Å²) >= 11 is 5.69. The first-order valence-electron chi connectivity index (χ1n) is 5.51. The van der Waals surface area contributed by atoms with Crippen molar-refractivity contribution in [1.82, 2.24) is 4.98 Å². The number of nitrogens with zero attached hydrogens (tertiary/aromatic N) is 1. The minimum atomic E-state index is -4.48. The maximum Gasteiger partial charge on any atom is 0.417 e. The smallest absolute Gasteiger partial charge is 0.417 e. The van der Waals surface area contributed by atoms with E-state index in [0.29, 0.717) is 6.20 Å². The molecule has 0 saturated heterocycles. The van der Waals surface area contributed by atoms with Gasteiger partial charge >= 0.3 is 12.1 Å². The van der Waals surface area contributed by atoms with Crippen LogP contribution in [0.2, 0.25) is 5.02 Å². The summed E-state index contributed by atoms with van der Waals surface area (Å²) in [4.78, 5) is 14.4. The second-order valence-electron chi connectivity index (χ2n) is 3.93. The Morgan fingerprint density at radius 2 is 1.95 bits per heavy atom. The fourth-order valence-corrected chi connectivity index (χ4v) is 1.66. The Kier molecular flexibility index (Phi) is 4.04. The van der Waals surface area contributed by atoms with Crippen molar-refractivity contribution < 1.29 is 27.8 Å². The van der Waals surface area contributed by atoms with Gasteiger partial charge in [0.1, 0.15) is 5.75 Å². The molecule has 0 fully saturated rings. The lowest BCUT2D eigenvalue weighted by Gasteiger charge is -2.08. The Bertz CT molecular complexity index is 671. The molecule has 1 aromatic carbocycles. The maximum atomic E-state index is 12.4. The van der Waals surface area contributed by atoms with E-state index in [0.717, 1.165) is 18.2 Å². The number of benzene rings is 1. The Labute approximate surface area is 121 Å². The zero-order chi connectivity index (χ0) is 15.6. The number of rotatable bonds is 3. The molecule has 110 valence electrons. The van der Waals surface area contributed by atoms with Crippen molar-refractivity contribution in [3.63, 3.8) is 0 Å². The Hall–Kier alpha value is -2.28. The third-order valence-corrected chi connectivity index (χ3v) is 2.78. The van der Waals surface area contributed by atoms with Gasteiger partial charge in [-0.3, -0.25) is 0 Å². The molecule has 0 saturated carbocycles. The van der Waals surface area contributed by atoms with E-state index in [1.807, 2.05) is 0 Å². The van der Waals surface area contributed by atoms with Crippen LogP contribution in [0, 0.1) is 0 Å². The minimum Gasteiger partial charge on any atom is -0.478 e. The van der Waals surface area contributed by atoms with Crippen LogP contribution in [0.15, 0.2) is 36.5 Å². The summed E-state index contributed by atoms with van der Waals surface area (Å²) in [6.07, 6.45) is -3.86. The van der Waals surface area contributed by atoms with Crippen LogP contribution in [0.4, 0.5) is 13.2 Å². The van der Waals surface area contributed by atoms with Crippen LogP contribution in [0.5, 0.6) is 11.6 Å². The quantitative estimate of drug-likeness (QED) is 0.919. The Morgan fingerprint density at radius 1 is 1.24 bits per heavy atom. The van der Waals surface area contributed by atoms with Crippen LogP contribution in [0.3, 0.4) is 0 Å². The van der Waals surface area contributed by atoms with Crippen molar-refractivity contribution in [3.8, 4) is 11.6 Å².